The molecule has 2 aromatic carbocycles. The summed E-state index contributed by atoms with van der Waals surface area (Å²) in [7, 11) is 0. The molecule has 0 saturated carbocycles. The highest BCUT2D eigenvalue weighted by atomic mass is 79.9. The van der Waals surface area contributed by atoms with E-state index in [1.54, 1.807) is 24.3 Å². The number of hydrogen-bond acceptors (Lipinski definition) is 4. The Kier molecular flexibility index (Phi) is 5.25. The number of nitrogens with one attached hydrogen (secondary N) is 1. The molecule has 0 atom stereocenters. The molecule has 0 bridgehead atoms. The standard InChI is InChI=1S/C17H10BrClFN3O2/c18-11-2-1-3-13(8-11)21-16(24)17-23-22-15(25-17)7-5-10-4-6-12(20)9-14(10)19/h1-9H,(H,21,24)/b7-5+. The van der Waals surface area contributed by atoms with Crippen LogP contribution in [0, 0.1) is 5.82 Å². The summed E-state index contributed by atoms with van der Waals surface area (Å²) in [4.78, 5) is 12.1. The van der Waals surface area contributed by atoms with Crippen LogP contribution in [0.25, 0.3) is 12.2 Å². The molecule has 1 N–H and O–H groups in total. The molecule has 25 heavy (non-hydrogen) atoms. The minimum Gasteiger partial charge on any atom is -0.413 e. The molecule has 1 aromatic heterocycles. The predicted octanol–water partition coefficient (Wildman–Crippen LogP) is 5.05. The highest BCUT2D eigenvalue weighted by molar-refractivity contribution is 9.10. The highest BCUT2D eigenvalue weighted by Crippen LogP contribution is 2.20. The van der Waals surface area contributed by atoms with Gasteiger partial charge in [-0.3, -0.25) is 4.79 Å². The maximum absolute atomic E-state index is 13.0. The third-order valence-electron chi connectivity index (χ3n) is 3.09. The second kappa shape index (κ2) is 7.58. The van der Waals surface area contributed by atoms with E-state index in [1.807, 2.05) is 6.07 Å². The second-order valence-corrected chi connectivity index (χ2v) is 6.23. The Morgan fingerprint density at radius 3 is 2.80 bits per heavy atom. The number of carbonyl (C=O) groups is 1. The summed E-state index contributed by atoms with van der Waals surface area (Å²) in [5.74, 6) is -0.999. The van der Waals surface area contributed by atoms with Crippen LogP contribution in [0.15, 0.2) is 51.4 Å². The predicted molar refractivity (Wildman–Crippen MR) is 96.7 cm³/mol. The molecule has 8 heteroatoms. The lowest BCUT2D eigenvalue weighted by molar-refractivity contribution is 0.0989. The summed E-state index contributed by atoms with van der Waals surface area (Å²) in [5, 5.41) is 10.4. The van der Waals surface area contributed by atoms with Crippen LogP contribution in [-0.4, -0.2) is 16.1 Å². The molecule has 0 aliphatic heterocycles. The average molecular weight is 423 g/mol. The van der Waals surface area contributed by atoms with Crippen molar-refractivity contribution in [3.63, 3.8) is 0 Å². The van der Waals surface area contributed by atoms with Crippen LogP contribution in [0.2, 0.25) is 5.02 Å². The lowest BCUT2D eigenvalue weighted by atomic mass is 10.2. The molecule has 0 saturated heterocycles. The van der Waals surface area contributed by atoms with Gasteiger partial charge in [0, 0.05) is 16.2 Å². The Morgan fingerprint density at radius 2 is 2.04 bits per heavy atom. The van der Waals surface area contributed by atoms with Crippen LogP contribution < -0.4 is 5.32 Å². The highest BCUT2D eigenvalue weighted by Gasteiger charge is 2.14. The van der Waals surface area contributed by atoms with Gasteiger partial charge in [-0.25, -0.2) is 4.39 Å². The molecule has 0 aliphatic carbocycles. The Hall–Kier alpha value is -2.51. The molecular weight excluding hydrogens is 413 g/mol. The van der Waals surface area contributed by atoms with Gasteiger partial charge in [-0.2, -0.15) is 0 Å². The van der Waals surface area contributed by atoms with E-state index in [9.17, 15) is 9.18 Å². The van der Waals surface area contributed by atoms with Gasteiger partial charge < -0.3 is 9.73 Å². The van der Waals surface area contributed by atoms with E-state index in [0.717, 1.165) is 4.47 Å². The van der Waals surface area contributed by atoms with Crippen molar-refractivity contribution in [2.24, 2.45) is 0 Å². The summed E-state index contributed by atoms with van der Waals surface area (Å²) in [6.45, 7) is 0. The van der Waals surface area contributed by atoms with Crippen molar-refractivity contribution in [2.75, 3.05) is 5.32 Å². The molecule has 1 heterocycles. The van der Waals surface area contributed by atoms with Crippen LogP contribution in [0.4, 0.5) is 10.1 Å². The van der Waals surface area contributed by atoms with Gasteiger partial charge in [-0.15, -0.1) is 10.2 Å². The second-order valence-electron chi connectivity index (χ2n) is 4.91. The number of rotatable bonds is 4. The molecule has 0 fully saturated rings. The van der Waals surface area contributed by atoms with Crippen molar-refractivity contribution >= 4 is 51.3 Å². The fraction of sp³-hybridized carbons (Fsp3) is 0. The quantitative estimate of drug-likeness (QED) is 0.639. The summed E-state index contributed by atoms with van der Waals surface area (Å²) < 4.78 is 19.1. The molecule has 0 spiro atoms. The van der Waals surface area contributed by atoms with E-state index < -0.39 is 11.7 Å². The molecule has 3 aromatic rings. The fourth-order valence-electron chi connectivity index (χ4n) is 1.94. The van der Waals surface area contributed by atoms with Crippen molar-refractivity contribution in [1.29, 1.82) is 0 Å². The summed E-state index contributed by atoms with van der Waals surface area (Å²) in [6.07, 6.45) is 3.08. The lowest BCUT2D eigenvalue weighted by Gasteiger charge is -2.01. The normalized spacial score (nSPS) is 11.0. The molecule has 5 nitrogen and oxygen atoms in total. The topological polar surface area (TPSA) is 68.0 Å². The van der Waals surface area contributed by atoms with Gasteiger partial charge in [0.25, 0.3) is 0 Å². The summed E-state index contributed by atoms with van der Waals surface area (Å²) >= 11 is 9.25. The first-order chi connectivity index (χ1) is 12.0. The zero-order valence-electron chi connectivity index (χ0n) is 12.5. The lowest BCUT2D eigenvalue weighted by Crippen LogP contribution is -2.12. The SMILES string of the molecule is O=C(Nc1cccc(Br)c1)c1nnc(/C=C/c2ccc(F)cc2Cl)o1. The van der Waals surface area contributed by atoms with Gasteiger partial charge in [0.1, 0.15) is 5.82 Å². The van der Waals surface area contributed by atoms with Crippen molar-refractivity contribution in [3.05, 3.63) is 75.1 Å². The van der Waals surface area contributed by atoms with Gasteiger partial charge >= 0.3 is 11.8 Å². The molecule has 0 radical (unpaired) electrons. The Morgan fingerprint density at radius 1 is 1.20 bits per heavy atom. The molecule has 1 amide bonds. The third-order valence-corrected chi connectivity index (χ3v) is 3.91. The maximum atomic E-state index is 13.0. The van der Waals surface area contributed by atoms with Crippen molar-refractivity contribution in [2.45, 2.75) is 0 Å². The number of nitrogens with zero attached hydrogens (tertiary/aromatic N) is 2. The number of carbonyl (C=O) groups excluding carboxylic acids is 1. The van der Waals surface area contributed by atoms with Gasteiger partial charge in [0.15, 0.2) is 0 Å². The number of amides is 1. The number of aromatic nitrogens is 2. The number of benzene rings is 2. The van der Waals surface area contributed by atoms with E-state index in [-0.39, 0.29) is 16.8 Å². The Labute approximate surface area is 155 Å². The molecule has 0 aliphatic rings. The van der Waals surface area contributed by atoms with E-state index in [1.165, 1.54) is 24.3 Å². The van der Waals surface area contributed by atoms with Gasteiger partial charge in [-0.05, 0) is 42.0 Å². The first kappa shape index (κ1) is 17.3. The molecule has 0 unspecified atom stereocenters. The van der Waals surface area contributed by atoms with Gasteiger partial charge in [0.05, 0.1) is 5.02 Å². The van der Waals surface area contributed by atoms with Gasteiger partial charge in [0.2, 0.25) is 5.89 Å². The minimum absolute atomic E-state index is 0.125. The molecule has 126 valence electrons. The monoisotopic (exact) mass is 421 g/mol. The van der Waals surface area contributed by atoms with Crippen LogP contribution in [-0.2, 0) is 0 Å². The van der Waals surface area contributed by atoms with Crippen molar-refractivity contribution in [3.8, 4) is 0 Å². The smallest absolute Gasteiger partial charge is 0.313 e. The van der Waals surface area contributed by atoms with Crippen molar-refractivity contribution < 1.29 is 13.6 Å². The largest absolute Gasteiger partial charge is 0.413 e. The van der Waals surface area contributed by atoms with Crippen molar-refractivity contribution in [1.82, 2.24) is 10.2 Å². The third kappa shape index (κ3) is 4.52. The number of halogens is 3. The van der Waals surface area contributed by atoms with Crippen LogP contribution >= 0.6 is 27.5 Å². The van der Waals surface area contributed by atoms with E-state index >= 15 is 0 Å². The fourth-order valence-corrected chi connectivity index (χ4v) is 2.57. The molecule has 3 rings (SSSR count). The van der Waals surface area contributed by atoms with E-state index in [2.05, 4.69) is 31.4 Å². The first-order valence-corrected chi connectivity index (χ1v) is 8.22. The molecular formula is C17H10BrClFN3O2. The zero-order valence-corrected chi connectivity index (χ0v) is 14.9. The number of anilines is 1. The first-order valence-electron chi connectivity index (χ1n) is 7.05. The van der Waals surface area contributed by atoms with Gasteiger partial charge in [-0.1, -0.05) is 39.7 Å². The summed E-state index contributed by atoms with van der Waals surface area (Å²) in [6, 6.07) is 11.1. The maximum Gasteiger partial charge on any atom is 0.313 e. The van der Waals surface area contributed by atoms with E-state index in [0.29, 0.717) is 11.3 Å². The van der Waals surface area contributed by atoms with Crippen LogP contribution in [0.1, 0.15) is 22.1 Å². The van der Waals surface area contributed by atoms with Crippen LogP contribution in [0.5, 0.6) is 0 Å². The Bertz CT molecular complexity index is 959. The van der Waals surface area contributed by atoms with E-state index in [4.69, 9.17) is 16.0 Å². The van der Waals surface area contributed by atoms with Crippen LogP contribution in [0.3, 0.4) is 0 Å². The Balaban J connectivity index is 1.71. The minimum atomic E-state index is -0.523. The summed E-state index contributed by atoms with van der Waals surface area (Å²) in [5.41, 5.74) is 1.18. The number of hydrogen-bond donors (Lipinski definition) is 1. The zero-order chi connectivity index (χ0) is 17.8. The average Bonchev–Trinajstić information content (AvgIpc) is 3.03.